The highest BCUT2D eigenvalue weighted by Gasteiger charge is 2.06. The molecule has 0 fully saturated rings. The van der Waals surface area contributed by atoms with Gasteiger partial charge in [-0.1, -0.05) is 19.9 Å². The second kappa shape index (κ2) is 6.40. The van der Waals surface area contributed by atoms with E-state index in [4.69, 9.17) is 16.3 Å². The van der Waals surface area contributed by atoms with Gasteiger partial charge in [-0.05, 0) is 36.1 Å². The van der Waals surface area contributed by atoms with Gasteiger partial charge < -0.3 is 4.74 Å². The molecule has 0 saturated carbocycles. The molecule has 2 rings (SSSR count). The number of halogens is 1. The third-order valence-corrected chi connectivity index (χ3v) is 4.11. The summed E-state index contributed by atoms with van der Waals surface area (Å²) in [6.45, 7) is 7.03. The summed E-state index contributed by atoms with van der Waals surface area (Å²) in [5.74, 6) is 1.89. The van der Waals surface area contributed by atoms with E-state index in [1.165, 1.54) is 11.1 Å². The van der Waals surface area contributed by atoms with Crippen LogP contribution >= 0.6 is 22.9 Å². The van der Waals surface area contributed by atoms with Crippen molar-refractivity contribution in [3.63, 3.8) is 0 Å². The van der Waals surface area contributed by atoms with Crippen molar-refractivity contribution in [1.29, 1.82) is 0 Å². The van der Waals surface area contributed by atoms with Crippen molar-refractivity contribution in [2.45, 2.75) is 39.2 Å². The van der Waals surface area contributed by atoms with Crippen LogP contribution in [0, 0.1) is 6.92 Å². The third kappa shape index (κ3) is 3.71. The molecule has 4 heteroatoms. The predicted octanol–water partition coefficient (Wildman–Crippen LogP) is 4.89. The quantitative estimate of drug-likeness (QED) is 0.733. The lowest BCUT2D eigenvalue weighted by atomic mass is 9.98. The topological polar surface area (TPSA) is 22.1 Å². The molecule has 0 spiro atoms. The van der Waals surface area contributed by atoms with Gasteiger partial charge in [0.05, 0.1) is 11.6 Å². The lowest BCUT2D eigenvalue weighted by Crippen LogP contribution is -1.97. The Morgan fingerprint density at radius 2 is 2.16 bits per heavy atom. The molecule has 0 aliphatic rings. The molecule has 0 aliphatic carbocycles. The van der Waals surface area contributed by atoms with Crippen LogP contribution in [0.25, 0.3) is 0 Å². The fraction of sp³-hybridized carbons (Fsp3) is 0.400. The number of rotatable bonds is 5. The molecule has 0 radical (unpaired) electrons. The summed E-state index contributed by atoms with van der Waals surface area (Å²) in [5, 5.41) is 2.93. The van der Waals surface area contributed by atoms with E-state index in [-0.39, 0.29) is 0 Å². The average Bonchev–Trinajstić information content (AvgIpc) is 2.84. The molecule has 1 heterocycles. The van der Waals surface area contributed by atoms with Crippen molar-refractivity contribution < 1.29 is 4.74 Å². The van der Waals surface area contributed by atoms with Crippen LogP contribution in [0.5, 0.6) is 5.75 Å². The van der Waals surface area contributed by atoms with E-state index in [2.05, 4.69) is 37.9 Å². The van der Waals surface area contributed by atoms with Gasteiger partial charge in [0.25, 0.3) is 0 Å². The second-order valence-electron chi connectivity index (χ2n) is 4.83. The molecule has 2 nitrogen and oxygen atoms in total. The number of thiazole rings is 1. The number of aromatic nitrogens is 1. The molecule has 0 atom stereocenters. The minimum absolute atomic E-state index is 0.457. The molecule has 0 amide bonds. The first-order valence-electron chi connectivity index (χ1n) is 6.32. The summed E-state index contributed by atoms with van der Waals surface area (Å²) >= 11 is 7.31. The summed E-state index contributed by atoms with van der Waals surface area (Å²) in [7, 11) is 0. The van der Waals surface area contributed by atoms with E-state index in [0.717, 1.165) is 16.5 Å². The zero-order valence-electron chi connectivity index (χ0n) is 11.4. The van der Waals surface area contributed by atoms with E-state index in [1.807, 2.05) is 11.4 Å². The summed E-state index contributed by atoms with van der Waals surface area (Å²) in [6.07, 6.45) is 0. The van der Waals surface area contributed by atoms with Crippen LogP contribution < -0.4 is 4.74 Å². The molecule has 0 N–H and O–H groups in total. The second-order valence-corrected chi connectivity index (χ2v) is 6.04. The van der Waals surface area contributed by atoms with Crippen molar-refractivity contribution in [3.05, 3.63) is 45.4 Å². The number of benzene rings is 1. The fourth-order valence-corrected chi connectivity index (χ4v) is 2.94. The van der Waals surface area contributed by atoms with E-state index in [1.54, 1.807) is 11.3 Å². The van der Waals surface area contributed by atoms with Gasteiger partial charge in [-0.3, -0.25) is 0 Å². The number of hydrogen-bond donors (Lipinski definition) is 0. The van der Waals surface area contributed by atoms with Gasteiger partial charge in [0.1, 0.15) is 17.4 Å². The maximum Gasteiger partial charge on any atom is 0.140 e. The first kappa shape index (κ1) is 14.4. The molecule has 0 unspecified atom stereocenters. The van der Waals surface area contributed by atoms with E-state index >= 15 is 0 Å². The molecular formula is C15H18ClNOS. The lowest BCUT2D eigenvalue weighted by molar-refractivity contribution is 0.305. The van der Waals surface area contributed by atoms with Gasteiger partial charge >= 0.3 is 0 Å². The molecule has 19 heavy (non-hydrogen) atoms. The number of hydrogen-bond acceptors (Lipinski definition) is 3. The van der Waals surface area contributed by atoms with E-state index < -0.39 is 0 Å². The minimum Gasteiger partial charge on any atom is -0.486 e. The van der Waals surface area contributed by atoms with Crippen LogP contribution in [0.4, 0.5) is 0 Å². The van der Waals surface area contributed by atoms with Crippen molar-refractivity contribution >= 4 is 22.9 Å². The summed E-state index contributed by atoms with van der Waals surface area (Å²) in [5.41, 5.74) is 3.55. The van der Waals surface area contributed by atoms with Gasteiger partial charge in [0.2, 0.25) is 0 Å². The maximum absolute atomic E-state index is 5.77. The largest absolute Gasteiger partial charge is 0.486 e. The zero-order valence-corrected chi connectivity index (χ0v) is 13.0. The van der Waals surface area contributed by atoms with Gasteiger partial charge in [0.15, 0.2) is 0 Å². The Hall–Kier alpha value is -1.06. The van der Waals surface area contributed by atoms with Crippen molar-refractivity contribution in [2.75, 3.05) is 0 Å². The summed E-state index contributed by atoms with van der Waals surface area (Å²) in [6, 6.07) is 6.26. The Bertz CT molecular complexity index is 551. The van der Waals surface area contributed by atoms with Crippen LogP contribution in [0.3, 0.4) is 0 Å². The molecule has 0 aliphatic heterocycles. The van der Waals surface area contributed by atoms with Crippen LogP contribution in [0.15, 0.2) is 23.6 Å². The first-order chi connectivity index (χ1) is 9.10. The molecular weight excluding hydrogens is 278 g/mol. The summed E-state index contributed by atoms with van der Waals surface area (Å²) < 4.78 is 5.77. The Kier molecular flexibility index (Phi) is 4.83. The Morgan fingerprint density at radius 1 is 1.37 bits per heavy atom. The average molecular weight is 296 g/mol. The van der Waals surface area contributed by atoms with Gasteiger partial charge in [-0.2, -0.15) is 0 Å². The number of ether oxygens (including phenoxy) is 1. The molecule has 1 aromatic carbocycles. The first-order valence-corrected chi connectivity index (χ1v) is 7.74. The SMILES string of the molecule is Cc1cc(OCc2nc(CCl)cs2)ccc1C(C)C. The van der Waals surface area contributed by atoms with Crippen molar-refractivity contribution in [2.24, 2.45) is 0 Å². The summed E-state index contributed by atoms with van der Waals surface area (Å²) in [4.78, 5) is 4.37. The fourth-order valence-electron chi connectivity index (χ4n) is 2.01. The zero-order chi connectivity index (χ0) is 13.8. The third-order valence-electron chi connectivity index (χ3n) is 2.96. The number of alkyl halides is 1. The van der Waals surface area contributed by atoms with E-state index in [0.29, 0.717) is 18.4 Å². The van der Waals surface area contributed by atoms with Gasteiger partial charge in [-0.25, -0.2) is 4.98 Å². The van der Waals surface area contributed by atoms with Crippen molar-refractivity contribution in [1.82, 2.24) is 4.98 Å². The monoisotopic (exact) mass is 295 g/mol. The van der Waals surface area contributed by atoms with Crippen LogP contribution in [-0.2, 0) is 12.5 Å². The predicted molar refractivity (Wildman–Crippen MR) is 81.3 cm³/mol. The Balaban J connectivity index is 2.01. The molecule has 0 bridgehead atoms. The Morgan fingerprint density at radius 3 is 2.74 bits per heavy atom. The number of nitrogens with zero attached hydrogens (tertiary/aromatic N) is 1. The molecule has 102 valence electrons. The van der Waals surface area contributed by atoms with Crippen molar-refractivity contribution in [3.8, 4) is 5.75 Å². The van der Waals surface area contributed by atoms with Crippen LogP contribution in [0.1, 0.15) is 41.6 Å². The number of aryl methyl sites for hydroxylation is 1. The smallest absolute Gasteiger partial charge is 0.140 e. The van der Waals surface area contributed by atoms with Crippen LogP contribution in [0.2, 0.25) is 0 Å². The van der Waals surface area contributed by atoms with Gasteiger partial charge in [0, 0.05) is 5.38 Å². The van der Waals surface area contributed by atoms with E-state index in [9.17, 15) is 0 Å². The highest BCUT2D eigenvalue weighted by atomic mass is 35.5. The molecule has 0 saturated heterocycles. The minimum atomic E-state index is 0.457. The lowest BCUT2D eigenvalue weighted by Gasteiger charge is -2.11. The Labute approximate surface area is 123 Å². The normalized spacial score (nSPS) is 11.0. The highest BCUT2D eigenvalue weighted by molar-refractivity contribution is 7.09. The highest BCUT2D eigenvalue weighted by Crippen LogP contribution is 2.24. The standard InChI is InChI=1S/C15H18ClNOS/c1-10(2)14-5-4-13(6-11(14)3)18-8-15-17-12(7-16)9-19-15/h4-6,9-10H,7-8H2,1-3H3. The maximum atomic E-state index is 5.77. The van der Waals surface area contributed by atoms with Crippen LogP contribution in [-0.4, -0.2) is 4.98 Å². The molecule has 1 aromatic heterocycles. The molecule has 2 aromatic rings. The van der Waals surface area contributed by atoms with Gasteiger partial charge in [-0.15, -0.1) is 22.9 Å².